The van der Waals surface area contributed by atoms with E-state index in [9.17, 15) is 9.59 Å². The molecule has 3 atom stereocenters. The van der Waals surface area contributed by atoms with Crippen LogP contribution in [0.3, 0.4) is 0 Å². The summed E-state index contributed by atoms with van der Waals surface area (Å²) >= 11 is 0. The van der Waals surface area contributed by atoms with Crippen LogP contribution >= 0.6 is 0 Å². The first-order chi connectivity index (χ1) is 5.91. The molecule has 1 unspecified atom stereocenters. The molecular weight excluding hydrogens is 184 g/mol. The minimum Gasteiger partial charge on any atom is -0.475 e. The Balaban J connectivity index is 4.33. The molecule has 0 spiro atoms. The van der Waals surface area contributed by atoms with E-state index in [1.54, 1.807) is 0 Å². The molecular formula is C6H10O7. The first kappa shape index (κ1) is 12.0. The molecule has 7 nitrogen and oxygen atoms in total. The number of hydrogen-bond acceptors (Lipinski definition) is 6. The van der Waals surface area contributed by atoms with Crippen LogP contribution in [0.2, 0.25) is 0 Å². The SMILES string of the molecule is O=C(O)C(=O)C(O)[C@H](O)[C@@H](O)CO. The fraction of sp³-hybridized carbons (Fsp3) is 0.667. The second-order valence-electron chi connectivity index (χ2n) is 2.35. The first-order valence-corrected chi connectivity index (χ1v) is 3.34. The number of carbonyl (C=O) groups excluding carboxylic acids is 1. The van der Waals surface area contributed by atoms with Gasteiger partial charge in [-0.1, -0.05) is 0 Å². The number of carbonyl (C=O) groups is 2. The second kappa shape index (κ2) is 4.87. The third-order valence-corrected chi connectivity index (χ3v) is 1.38. The summed E-state index contributed by atoms with van der Waals surface area (Å²) in [6.45, 7) is -0.884. The normalized spacial score (nSPS) is 17.5. The number of carboxylic acids is 1. The predicted molar refractivity (Wildman–Crippen MR) is 37.7 cm³/mol. The lowest BCUT2D eigenvalue weighted by Gasteiger charge is -2.18. The summed E-state index contributed by atoms with van der Waals surface area (Å²) in [6.07, 6.45) is -5.99. The van der Waals surface area contributed by atoms with Crippen LogP contribution in [0.1, 0.15) is 0 Å². The Hall–Kier alpha value is -1.02. The quantitative estimate of drug-likeness (QED) is 0.289. The lowest BCUT2D eigenvalue weighted by molar-refractivity contribution is -0.159. The van der Waals surface area contributed by atoms with Gasteiger partial charge in [0.1, 0.15) is 12.2 Å². The number of aliphatic carboxylic acids is 1. The van der Waals surface area contributed by atoms with E-state index in [0.29, 0.717) is 0 Å². The molecule has 0 aliphatic rings. The zero-order valence-corrected chi connectivity index (χ0v) is 6.49. The van der Waals surface area contributed by atoms with Crippen LogP contribution in [0.25, 0.3) is 0 Å². The molecule has 13 heavy (non-hydrogen) atoms. The monoisotopic (exact) mass is 194 g/mol. The summed E-state index contributed by atoms with van der Waals surface area (Å²) in [6, 6.07) is 0. The van der Waals surface area contributed by atoms with Gasteiger partial charge in [-0.15, -0.1) is 0 Å². The highest BCUT2D eigenvalue weighted by Gasteiger charge is 2.33. The number of rotatable bonds is 5. The largest absolute Gasteiger partial charge is 0.475 e. The molecule has 76 valence electrons. The lowest BCUT2D eigenvalue weighted by atomic mass is 10.1. The van der Waals surface area contributed by atoms with Crippen LogP contribution in [0, 0.1) is 0 Å². The van der Waals surface area contributed by atoms with E-state index in [-0.39, 0.29) is 0 Å². The fourth-order valence-electron chi connectivity index (χ4n) is 0.600. The third-order valence-electron chi connectivity index (χ3n) is 1.38. The van der Waals surface area contributed by atoms with Crippen LogP contribution in [0.15, 0.2) is 0 Å². The first-order valence-electron chi connectivity index (χ1n) is 3.34. The van der Waals surface area contributed by atoms with E-state index in [1.165, 1.54) is 0 Å². The molecule has 7 heteroatoms. The van der Waals surface area contributed by atoms with Gasteiger partial charge in [0.05, 0.1) is 6.61 Å². The van der Waals surface area contributed by atoms with Crippen molar-refractivity contribution >= 4 is 11.8 Å². The number of aliphatic hydroxyl groups is 4. The Labute approximate surface area is 72.9 Å². The van der Waals surface area contributed by atoms with Crippen molar-refractivity contribution in [3.8, 4) is 0 Å². The van der Waals surface area contributed by atoms with Gasteiger partial charge in [0, 0.05) is 0 Å². The minimum absolute atomic E-state index is 0.884. The average molecular weight is 194 g/mol. The van der Waals surface area contributed by atoms with Crippen molar-refractivity contribution in [2.75, 3.05) is 6.61 Å². The van der Waals surface area contributed by atoms with Crippen molar-refractivity contribution in [1.29, 1.82) is 0 Å². The third kappa shape index (κ3) is 3.07. The van der Waals surface area contributed by atoms with E-state index < -0.39 is 36.7 Å². The topological polar surface area (TPSA) is 135 Å². The summed E-state index contributed by atoms with van der Waals surface area (Å²) in [5.41, 5.74) is 0. The molecule has 0 aliphatic carbocycles. The Kier molecular flexibility index (Phi) is 4.49. The average Bonchev–Trinajstić information content (AvgIpc) is 2.12. The van der Waals surface area contributed by atoms with Gasteiger partial charge in [-0.05, 0) is 0 Å². The molecule has 0 aromatic carbocycles. The van der Waals surface area contributed by atoms with Crippen molar-refractivity contribution in [2.24, 2.45) is 0 Å². The Morgan fingerprint density at radius 1 is 1.15 bits per heavy atom. The highest BCUT2D eigenvalue weighted by molar-refractivity contribution is 6.34. The zero-order chi connectivity index (χ0) is 10.6. The lowest BCUT2D eigenvalue weighted by Crippen LogP contribution is -2.46. The summed E-state index contributed by atoms with van der Waals surface area (Å²) in [5.74, 6) is -3.56. The molecule has 0 bridgehead atoms. The number of Topliss-reactive ketones (excluding diaryl/α,β-unsaturated/α-hetero) is 1. The number of ketones is 1. The van der Waals surface area contributed by atoms with Crippen LogP contribution < -0.4 is 0 Å². The van der Waals surface area contributed by atoms with E-state index in [0.717, 1.165) is 0 Å². The maximum Gasteiger partial charge on any atom is 0.375 e. The number of carboxylic acid groups (broad SMARTS) is 1. The predicted octanol–water partition coefficient (Wildman–Crippen LogP) is -3.28. The Morgan fingerprint density at radius 2 is 1.62 bits per heavy atom. The summed E-state index contributed by atoms with van der Waals surface area (Å²) in [5, 5.41) is 42.8. The van der Waals surface area contributed by atoms with Gasteiger partial charge in [0.15, 0.2) is 6.10 Å². The zero-order valence-electron chi connectivity index (χ0n) is 6.49. The molecule has 0 aromatic heterocycles. The molecule has 0 radical (unpaired) electrons. The van der Waals surface area contributed by atoms with Crippen molar-refractivity contribution in [1.82, 2.24) is 0 Å². The van der Waals surface area contributed by atoms with Gasteiger partial charge in [-0.25, -0.2) is 4.79 Å². The maximum absolute atomic E-state index is 10.5. The van der Waals surface area contributed by atoms with Crippen molar-refractivity contribution in [2.45, 2.75) is 18.3 Å². The highest BCUT2D eigenvalue weighted by Crippen LogP contribution is 2.01. The van der Waals surface area contributed by atoms with Crippen LogP contribution in [0.5, 0.6) is 0 Å². The molecule has 0 aromatic rings. The van der Waals surface area contributed by atoms with Gasteiger partial charge in [0.2, 0.25) is 0 Å². The minimum atomic E-state index is -2.24. The van der Waals surface area contributed by atoms with E-state index in [2.05, 4.69) is 0 Å². The molecule has 0 fully saturated rings. The van der Waals surface area contributed by atoms with Crippen molar-refractivity contribution < 1.29 is 35.1 Å². The van der Waals surface area contributed by atoms with Gasteiger partial charge in [-0.3, -0.25) is 4.79 Å². The summed E-state index contributed by atoms with van der Waals surface area (Å²) < 4.78 is 0. The van der Waals surface area contributed by atoms with Crippen molar-refractivity contribution in [3.63, 3.8) is 0 Å². The van der Waals surface area contributed by atoms with Crippen LogP contribution in [-0.2, 0) is 9.59 Å². The standard InChI is InChI=1S/C6H10O7/c7-1-2(8)3(9)4(10)5(11)6(12)13/h2-4,7-10H,1H2,(H,12,13)/t2-,3+,4?/m0/s1. The Morgan fingerprint density at radius 3 is 1.92 bits per heavy atom. The maximum atomic E-state index is 10.5. The van der Waals surface area contributed by atoms with Gasteiger partial charge in [0.25, 0.3) is 5.78 Å². The number of aliphatic hydroxyl groups excluding tert-OH is 4. The van der Waals surface area contributed by atoms with E-state index in [1.807, 2.05) is 0 Å². The van der Waals surface area contributed by atoms with Crippen LogP contribution in [0.4, 0.5) is 0 Å². The van der Waals surface area contributed by atoms with Gasteiger partial charge in [-0.2, -0.15) is 0 Å². The molecule has 0 rings (SSSR count). The summed E-state index contributed by atoms with van der Waals surface area (Å²) in [7, 11) is 0. The number of hydrogen-bond donors (Lipinski definition) is 5. The summed E-state index contributed by atoms with van der Waals surface area (Å²) in [4.78, 5) is 20.5. The highest BCUT2D eigenvalue weighted by atomic mass is 16.4. The van der Waals surface area contributed by atoms with Gasteiger partial charge >= 0.3 is 5.97 Å². The molecule has 0 amide bonds. The molecule has 0 aliphatic heterocycles. The molecule has 0 saturated carbocycles. The van der Waals surface area contributed by atoms with E-state index >= 15 is 0 Å². The fourth-order valence-corrected chi connectivity index (χ4v) is 0.600. The second-order valence-corrected chi connectivity index (χ2v) is 2.35. The molecule has 0 saturated heterocycles. The smallest absolute Gasteiger partial charge is 0.375 e. The Bertz CT molecular complexity index is 201. The van der Waals surface area contributed by atoms with Gasteiger partial charge < -0.3 is 25.5 Å². The van der Waals surface area contributed by atoms with Crippen molar-refractivity contribution in [3.05, 3.63) is 0 Å². The molecule has 5 N–H and O–H groups in total. The molecule has 0 heterocycles. The van der Waals surface area contributed by atoms with Crippen LogP contribution in [-0.4, -0.2) is 62.2 Å². The van der Waals surface area contributed by atoms with E-state index in [4.69, 9.17) is 25.5 Å².